The van der Waals surface area contributed by atoms with Gasteiger partial charge in [0.2, 0.25) is 20.0 Å². The molecule has 0 spiro atoms. The molecular formula is C16H17FN2O4S2. The van der Waals surface area contributed by atoms with Gasteiger partial charge in [0, 0.05) is 18.2 Å². The molecule has 0 aromatic heterocycles. The van der Waals surface area contributed by atoms with Crippen molar-refractivity contribution in [3.63, 3.8) is 0 Å². The van der Waals surface area contributed by atoms with Crippen LogP contribution in [0.1, 0.15) is 18.4 Å². The molecule has 0 saturated heterocycles. The average molecular weight is 384 g/mol. The lowest BCUT2D eigenvalue weighted by molar-refractivity contribution is 0.574. The second-order valence-corrected chi connectivity index (χ2v) is 9.27. The summed E-state index contributed by atoms with van der Waals surface area (Å²) in [6, 6.07) is 10.8. The second-order valence-electron chi connectivity index (χ2n) is 5.79. The van der Waals surface area contributed by atoms with Gasteiger partial charge in [-0.3, -0.25) is 0 Å². The van der Waals surface area contributed by atoms with Crippen molar-refractivity contribution >= 4 is 20.0 Å². The molecule has 1 saturated carbocycles. The monoisotopic (exact) mass is 384 g/mol. The first-order valence-corrected chi connectivity index (χ1v) is 10.6. The largest absolute Gasteiger partial charge is 0.240 e. The summed E-state index contributed by atoms with van der Waals surface area (Å²) in [5.74, 6) is -0.518. The third kappa shape index (κ3) is 4.43. The number of hydrogen-bond acceptors (Lipinski definition) is 4. The van der Waals surface area contributed by atoms with Gasteiger partial charge in [-0.2, -0.15) is 0 Å². The van der Waals surface area contributed by atoms with Crippen molar-refractivity contribution in [3.05, 3.63) is 59.9 Å². The van der Waals surface area contributed by atoms with E-state index < -0.39 is 25.9 Å². The van der Waals surface area contributed by atoms with Crippen LogP contribution in [-0.4, -0.2) is 22.9 Å². The highest BCUT2D eigenvalue weighted by atomic mass is 32.2. The molecular weight excluding hydrogens is 367 g/mol. The molecule has 0 aliphatic heterocycles. The molecule has 0 atom stereocenters. The van der Waals surface area contributed by atoms with Gasteiger partial charge in [0.15, 0.2) is 0 Å². The Morgan fingerprint density at radius 3 is 2.20 bits per heavy atom. The van der Waals surface area contributed by atoms with Crippen molar-refractivity contribution in [2.75, 3.05) is 0 Å². The molecule has 0 radical (unpaired) electrons. The minimum atomic E-state index is -3.98. The van der Waals surface area contributed by atoms with Crippen LogP contribution in [0.15, 0.2) is 58.3 Å². The summed E-state index contributed by atoms with van der Waals surface area (Å²) in [4.78, 5) is -0.310. The Morgan fingerprint density at radius 1 is 0.920 bits per heavy atom. The van der Waals surface area contributed by atoms with E-state index in [2.05, 4.69) is 9.44 Å². The third-order valence-electron chi connectivity index (χ3n) is 3.74. The van der Waals surface area contributed by atoms with Crippen LogP contribution in [0.25, 0.3) is 0 Å². The van der Waals surface area contributed by atoms with Crippen molar-refractivity contribution < 1.29 is 21.2 Å². The van der Waals surface area contributed by atoms with Gasteiger partial charge < -0.3 is 0 Å². The quantitative estimate of drug-likeness (QED) is 0.761. The fourth-order valence-electron chi connectivity index (χ4n) is 2.20. The number of benzene rings is 2. The van der Waals surface area contributed by atoms with Crippen molar-refractivity contribution in [1.29, 1.82) is 0 Å². The molecule has 0 amide bonds. The van der Waals surface area contributed by atoms with Gasteiger partial charge in [-0.1, -0.05) is 24.3 Å². The summed E-state index contributed by atoms with van der Waals surface area (Å²) in [7, 11) is -7.74. The van der Waals surface area contributed by atoms with E-state index in [0.29, 0.717) is 0 Å². The number of halogens is 1. The molecule has 2 aromatic carbocycles. The smallest absolute Gasteiger partial charge is 0.208 e. The maximum atomic E-state index is 13.6. The predicted molar refractivity (Wildman–Crippen MR) is 90.2 cm³/mol. The molecule has 2 aromatic rings. The maximum Gasteiger partial charge on any atom is 0.240 e. The van der Waals surface area contributed by atoms with E-state index in [-0.39, 0.29) is 27.9 Å². The molecule has 134 valence electrons. The zero-order valence-corrected chi connectivity index (χ0v) is 14.8. The van der Waals surface area contributed by atoms with E-state index in [0.717, 1.165) is 18.9 Å². The Bertz CT molecular complexity index is 987. The van der Waals surface area contributed by atoms with E-state index in [1.165, 1.54) is 36.4 Å². The van der Waals surface area contributed by atoms with E-state index >= 15 is 0 Å². The summed E-state index contributed by atoms with van der Waals surface area (Å²) in [5, 5.41) is 0. The SMILES string of the molecule is O=S(=O)(NCc1ccccc1F)c1cccc(S(=O)(=O)NC2CC2)c1. The van der Waals surface area contributed by atoms with Crippen LogP contribution in [0.5, 0.6) is 0 Å². The first-order chi connectivity index (χ1) is 11.8. The third-order valence-corrected chi connectivity index (χ3v) is 6.65. The van der Waals surface area contributed by atoms with Crippen molar-refractivity contribution in [2.45, 2.75) is 35.2 Å². The summed E-state index contributed by atoms with van der Waals surface area (Å²) in [5.41, 5.74) is 0.199. The Kier molecular flexibility index (Phi) is 4.92. The predicted octanol–water partition coefficient (Wildman–Crippen LogP) is 1.74. The molecule has 25 heavy (non-hydrogen) atoms. The number of sulfonamides is 2. The van der Waals surface area contributed by atoms with Gasteiger partial charge in [0.25, 0.3) is 0 Å². The van der Waals surface area contributed by atoms with Gasteiger partial charge >= 0.3 is 0 Å². The molecule has 3 rings (SSSR count). The van der Waals surface area contributed by atoms with E-state index in [1.807, 2.05) is 0 Å². The van der Waals surface area contributed by atoms with Gasteiger partial charge in [-0.05, 0) is 37.1 Å². The summed E-state index contributed by atoms with van der Waals surface area (Å²) in [6.07, 6.45) is 1.56. The first-order valence-electron chi connectivity index (χ1n) is 7.63. The first kappa shape index (κ1) is 18.0. The zero-order valence-electron chi connectivity index (χ0n) is 13.1. The van der Waals surface area contributed by atoms with Gasteiger partial charge in [0.05, 0.1) is 9.79 Å². The van der Waals surface area contributed by atoms with Crippen LogP contribution in [0.3, 0.4) is 0 Å². The molecule has 0 heterocycles. The lowest BCUT2D eigenvalue weighted by atomic mass is 10.2. The summed E-state index contributed by atoms with van der Waals surface area (Å²) >= 11 is 0. The van der Waals surface area contributed by atoms with E-state index in [4.69, 9.17) is 0 Å². The maximum absolute atomic E-state index is 13.6. The molecule has 1 aliphatic rings. The molecule has 0 unspecified atom stereocenters. The second kappa shape index (κ2) is 6.83. The molecule has 0 bridgehead atoms. The molecule has 1 fully saturated rings. The Morgan fingerprint density at radius 2 is 1.56 bits per heavy atom. The highest BCUT2D eigenvalue weighted by Gasteiger charge is 2.28. The highest BCUT2D eigenvalue weighted by Crippen LogP contribution is 2.23. The van der Waals surface area contributed by atoms with Gasteiger partial charge in [0.1, 0.15) is 5.82 Å². The molecule has 2 N–H and O–H groups in total. The van der Waals surface area contributed by atoms with E-state index in [1.54, 1.807) is 6.07 Å². The van der Waals surface area contributed by atoms with Gasteiger partial charge in [-0.15, -0.1) is 0 Å². The lowest BCUT2D eigenvalue weighted by Gasteiger charge is -2.10. The lowest BCUT2D eigenvalue weighted by Crippen LogP contribution is -2.27. The topological polar surface area (TPSA) is 92.3 Å². The number of rotatable bonds is 7. The zero-order chi connectivity index (χ0) is 18.1. The molecule has 9 heteroatoms. The molecule has 1 aliphatic carbocycles. The van der Waals surface area contributed by atoms with Gasteiger partial charge in [-0.25, -0.2) is 30.7 Å². The minimum absolute atomic E-state index is 0.0792. The van der Waals surface area contributed by atoms with Crippen molar-refractivity contribution in [1.82, 2.24) is 9.44 Å². The highest BCUT2D eigenvalue weighted by molar-refractivity contribution is 7.90. The fourth-order valence-corrected chi connectivity index (χ4v) is 4.67. The Labute approximate surface area is 146 Å². The molecule has 6 nitrogen and oxygen atoms in total. The van der Waals surface area contributed by atoms with Crippen LogP contribution >= 0.6 is 0 Å². The standard InChI is InChI=1S/C16H17FN2O4S2/c17-16-7-2-1-4-12(16)11-18-24(20,21)14-5-3-6-15(10-14)25(22,23)19-13-8-9-13/h1-7,10,13,18-19H,8-9,11H2. The van der Waals surface area contributed by atoms with Crippen LogP contribution in [-0.2, 0) is 26.6 Å². The Hall–Kier alpha value is -1.81. The minimum Gasteiger partial charge on any atom is -0.208 e. The summed E-state index contributed by atoms with van der Waals surface area (Å²) in [6.45, 7) is -0.230. The van der Waals surface area contributed by atoms with Crippen LogP contribution in [0.4, 0.5) is 4.39 Å². The van der Waals surface area contributed by atoms with Crippen molar-refractivity contribution in [3.8, 4) is 0 Å². The van der Waals surface area contributed by atoms with Crippen LogP contribution in [0.2, 0.25) is 0 Å². The van der Waals surface area contributed by atoms with Crippen molar-refractivity contribution in [2.24, 2.45) is 0 Å². The van der Waals surface area contributed by atoms with E-state index in [9.17, 15) is 21.2 Å². The fraction of sp³-hybridized carbons (Fsp3) is 0.250. The number of hydrogen-bond donors (Lipinski definition) is 2. The van der Waals surface area contributed by atoms with Crippen LogP contribution in [0, 0.1) is 5.82 Å². The average Bonchev–Trinajstić information content (AvgIpc) is 3.38. The normalized spacial score (nSPS) is 15.2. The summed E-state index contributed by atoms with van der Waals surface area (Å²) < 4.78 is 67.6. The Balaban J connectivity index is 1.80. The van der Waals surface area contributed by atoms with Crippen LogP contribution < -0.4 is 9.44 Å². The number of nitrogens with one attached hydrogen (secondary N) is 2.